The van der Waals surface area contributed by atoms with Gasteiger partial charge in [0, 0.05) is 11.4 Å². The van der Waals surface area contributed by atoms with Crippen LogP contribution in [0, 0.1) is 0 Å². The second-order valence-electron chi connectivity index (χ2n) is 4.84. The average Bonchev–Trinajstić information content (AvgIpc) is 2.45. The van der Waals surface area contributed by atoms with Crippen LogP contribution in [0.4, 0.5) is 11.4 Å². The Morgan fingerprint density at radius 1 is 0.704 bits per heavy atom. The first-order chi connectivity index (χ1) is 11.0. The molecular weight excluding hydrogens is 418 g/mol. The fraction of sp³-hybridized carbons (Fsp3) is 0. The Balaban J connectivity index is 0. The van der Waals surface area contributed by atoms with Crippen molar-refractivity contribution >= 4 is 43.8 Å². The van der Waals surface area contributed by atoms with E-state index in [0.717, 1.165) is 12.1 Å². The molecule has 2 aromatic carbocycles. The maximum Gasteiger partial charge on any atom is 1.00 e. The first-order valence-corrected chi connectivity index (χ1v) is 9.19. The number of hydrogen-bond acceptors (Lipinski definition) is 8. The van der Waals surface area contributed by atoms with E-state index in [-0.39, 0.29) is 87.1 Å². The van der Waals surface area contributed by atoms with Gasteiger partial charge < -0.3 is 26.0 Å². The van der Waals surface area contributed by atoms with Gasteiger partial charge in [-0.3, -0.25) is 0 Å². The number of rotatable bonds is 4. The zero-order chi connectivity index (χ0) is 18.1. The van der Waals surface area contributed by atoms with Crippen molar-refractivity contribution in [2.75, 3.05) is 11.5 Å². The van der Waals surface area contributed by atoms with Crippen molar-refractivity contribution in [3.05, 3.63) is 47.5 Å². The summed E-state index contributed by atoms with van der Waals surface area (Å²) in [5.74, 6) is 0. The molecule has 6 N–H and O–H groups in total. The summed E-state index contributed by atoms with van der Waals surface area (Å²) in [7, 11) is -9.57. The number of nitrogen functional groups attached to an aromatic ring is 2. The largest absolute Gasteiger partial charge is 1.00 e. The minimum atomic E-state index is -4.79. The van der Waals surface area contributed by atoms with Gasteiger partial charge in [-0.15, -0.1) is 0 Å². The SMILES string of the molecule is Nc1ccc(/C=C/c2ccc(N)cc2S(=O)(=O)[O-])c(S(=O)(=O)[O-])c1.O.[Na+].[Na+]. The minimum absolute atomic E-state index is 0. The van der Waals surface area contributed by atoms with Crippen molar-refractivity contribution in [1.82, 2.24) is 0 Å². The molecule has 0 spiro atoms. The number of hydrogen-bond donors (Lipinski definition) is 2. The third-order valence-corrected chi connectivity index (χ3v) is 4.84. The minimum Gasteiger partial charge on any atom is -0.744 e. The Morgan fingerprint density at radius 2 is 1.00 bits per heavy atom. The summed E-state index contributed by atoms with van der Waals surface area (Å²) in [6.45, 7) is 0. The van der Waals surface area contributed by atoms with E-state index in [9.17, 15) is 25.9 Å². The third-order valence-electron chi connectivity index (χ3n) is 3.06. The Hall–Kier alpha value is -0.440. The monoisotopic (exact) mass is 432 g/mol. The van der Waals surface area contributed by atoms with Crippen molar-refractivity contribution in [1.29, 1.82) is 0 Å². The van der Waals surface area contributed by atoms with Gasteiger partial charge in [0.05, 0.1) is 9.79 Å². The third kappa shape index (κ3) is 7.83. The van der Waals surface area contributed by atoms with Gasteiger partial charge in [-0.05, 0) is 35.4 Å². The van der Waals surface area contributed by atoms with Gasteiger partial charge in [-0.1, -0.05) is 24.3 Å². The van der Waals surface area contributed by atoms with Crippen LogP contribution in [0.3, 0.4) is 0 Å². The molecule has 0 saturated carbocycles. The summed E-state index contributed by atoms with van der Waals surface area (Å²) in [5, 5.41) is 0. The topological polar surface area (TPSA) is 198 Å². The van der Waals surface area contributed by atoms with Crippen LogP contribution in [-0.4, -0.2) is 31.4 Å². The van der Waals surface area contributed by atoms with Crippen LogP contribution < -0.4 is 70.6 Å². The second kappa shape index (κ2) is 10.9. The van der Waals surface area contributed by atoms with Gasteiger partial charge in [0.15, 0.2) is 0 Å². The van der Waals surface area contributed by atoms with E-state index in [2.05, 4.69) is 0 Å². The first-order valence-electron chi connectivity index (χ1n) is 6.37. The molecule has 0 bridgehead atoms. The van der Waals surface area contributed by atoms with Gasteiger partial charge in [0.1, 0.15) is 20.2 Å². The standard InChI is InChI=1S/C14H14N2O6S2.2Na.H2O/c15-11-5-3-9(13(7-11)23(17,18)19)1-2-10-4-6-12(16)8-14(10)24(20,21)22;;;/h1-8H,15-16H2,(H,17,18,19)(H,20,21,22);;;1H2/q;2*+1;/p-2/b2-1+;;;. The number of benzene rings is 2. The van der Waals surface area contributed by atoms with Crippen LogP contribution in [0.25, 0.3) is 12.2 Å². The molecule has 0 heterocycles. The molecule has 0 amide bonds. The van der Waals surface area contributed by atoms with Crippen LogP contribution >= 0.6 is 0 Å². The summed E-state index contributed by atoms with van der Waals surface area (Å²) >= 11 is 0. The molecule has 9 nitrogen and oxygen atoms in total. The van der Waals surface area contributed by atoms with Crippen molar-refractivity contribution in [2.24, 2.45) is 0 Å². The van der Waals surface area contributed by atoms with E-state index in [1.54, 1.807) is 0 Å². The molecule has 2 rings (SSSR count). The van der Waals surface area contributed by atoms with Crippen LogP contribution in [0.1, 0.15) is 11.1 Å². The molecule has 0 aliphatic carbocycles. The molecule has 0 aromatic heterocycles. The van der Waals surface area contributed by atoms with E-state index in [1.807, 2.05) is 0 Å². The maximum absolute atomic E-state index is 11.3. The van der Waals surface area contributed by atoms with E-state index in [4.69, 9.17) is 11.5 Å². The fourth-order valence-electron chi connectivity index (χ4n) is 1.99. The van der Waals surface area contributed by atoms with E-state index >= 15 is 0 Å². The second-order valence-corrected chi connectivity index (χ2v) is 7.53. The molecule has 0 unspecified atom stereocenters. The molecule has 2 aromatic rings. The Kier molecular flexibility index (Phi) is 11.6. The first kappa shape index (κ1) is 28.8. The van der Waals surface area contributed by atoms with Gasteiger partial charge in [-0.2, -0.15) is 0 Å². The normalized spacial score (nSPS) is 11.2. The smallest absolute Gasteiger partial charge is 0.744 e. The molecule has 0 atom stereocenters. The summed E-state index contributed by atoms with van der Waals surface area (Å²) in [6.07, 6.45) is 2.40. The van der Waals surface area contributed by atoms with Gasteiger partial charge in [-0.25, -0.2) is 16.8 Å². The predicted molar refractivity (Wildman–Crippen MR) is 90.2 cm³/mol. The predicted octanol–water partition coefficient (Wildman–Crippen LogP) is -5.99. The van der Waals surface area contributed by atoms with Gasteiger partial charge >= 0.3 is 59.1 Å². The molecule has 136 valence electrons. The van der Waals surface area contributed by atoms with Crippen molar-refractivity contribution in [2.45, 2.75) is 9.79 Å². The summed E-state index contributed by atoms with van der Waals surface area (Å²) in [4.78, 5) is -1.11. The van der Waals surface area contributed by atoms with E-state index in [1.165, 1.54) is 36.4 Å². The summed E-state index contributed by atoms with van der Waals surface area (Å²) < 4.78 is 67.7. The van der Waals surface area contributed by atoms with Crippen molar-refractivity contribution in [3.8, 4) is 0 Å². The van der Waals surface area contributed by atoms with Gasteiger partial charge in [0.2, 0.25) is 0 Å². The van der Waals surface area contributed by atoms with E-state index in [0.29, 0.717) is 0 Å². The fourth-order valence-corrected chi connectivity index (χ4v) is 3.40. The van der Waals surface area contributed by atoms with Crippen LogP contribution in [0.2, 0.25) is 0 Å². The average molecular weight is 432 g/mol. The van der Waals surface area contributed by atoms with E-state index < -0.39 is 30.0 Å². The quantitative estimate of drug-likeness (QED) is 0.206. The van der Waals surface area contributed by atoms with Crippen LogP contribution in [0.5, 0.6) is 0 Å². The molecule has 0 saturated heterocycles. The molecule has 0 fully saturated rings. The Bertz CT molecular complexity index is 956. The molecule has 0 radical (unpaired) electrons. The number of anilines is 2. The molecule has 13 heteroatoms. The molecule has 0 aliphatic rings. The zero-order valence-electron chi connectivity index (χ0n) is 14.5. The maximum atomic E-state index is 11.3. The Labute approximate surface area is 201 Å². The van der Waals surface area contributed by atoms with Crippen molar-refractivity contribution < 1.29 is 90.5 Å². The summed E-state index contributed by atoms with van der Waals surface area (Å²) in [6, 6.07) is 7.33. The molecular formula is C14H14N2Na2O7S2. The molecule has 27 heavy (non-hydrogen) atoms. The van der Waals surface area contributed by atoms with Crippen molar-refractivity contribution in [3.63, 3.8) is 0 Å². The Morgan fingerprint density at radius 3 is 1.26 bits per heavy atom. The summed E-state index contributed by atoms with van der Waals surface area (Å²) in [5.41, 5.74) is 11.1. The zero-order valence-corrected chi connectivity index (χ0v) is 20.2. The van der Waals surface area contributed by atoms with Gasteiger partial charge in [0.25, 0.3) is 0 Å². The van der Waals surface area contributed by atoms with Crippen LogP contribution in [0.15, 0.2) is 46.2 Å². The number of nitrogens with two attached hydrogens (primary N) is 2. The molecule has 0 aliphatic heterocycles. The van der Waals surface area contributed by atoms with Crippen LogP contribution in [-0.2, 0) is 20.2 Å².